The minimum atomic E-state index is -3.56. The van der Waals surface area contributed by atoms with Crippen LogP contribution in [0.1, 0.15) is 20.8 Å². The summed E-state index contributed by atoms with van der Waals surface area (Å²) in [5, 5.41) is 2.74. The summed E-state index contributed by atoms with van der Waals surface area (Å²) in [6.07, 6.45) is 0.799. The summed E-state index contributed by atoms with van der Waals surface area (Å²) >= 11 is 0. The summed E-state index contributed by atoms with van der Waals surface area (Å²) in [5.41, 5.74) is 0. The Labute approximate surface area is 131 Å². The number of amides is 1. The molecule has 1 aromatic rings. The van der Waals surface area contributed by atoms with Crippen LogP contribution in [-0.2, 0) is 14.8 Å². The quantitative estimate of drug-likeness (QED) is 0.708. The van der Waals surface area contributed by atoms with Crippen molar-refractivity contribution in [1.29, 1.82) is 0 Å². The van der Waals surface area contributed by atoms with Gasteiger partial charge in [0, 0.05) is 12.6 Å². The van der Waals surface area contributed by atoms with Gasteiger partial charge in [-0.2, -0.15) is 0 Å². The molecule has 0 radical (unpaired) electrons. The second-order valence-corrected chi connectivity index (χ2v) is 6.80. The van der Waals surface area contributed by atoms with Gasteiger partial charge in [-0.15, -0.1) is 6.58 Å². The summed E-state index contributed by atoms with van der Waals surface area (Å²) in [4.78, 5) is 11.9. The monoisotopic (exact) mass is 326 g/mol. The molecule has 0 spiro atoms. The number of hydrogen-bond acceptors (Lipinski definition) is 4. The van der Waals surface area contributed by atoms with Crippen molar-refractivity contribution in [1.82, 2.24) is 10.0 Å². The largest absolute Gasteiger partial charge is 0.481 e. The highest BCUT2D eigenvalue weighted by Gasteiger charge is 2.16. The highest BCUT2D eigenvalue weighted by atomic mass is 32.2. The van der Waals surface area contributed by atoms with Crippen LogP contribution in [0.4, 0.5) is 0 Å². The van der Waals surface area contributed by atoms with Crippen molar-refractivity contribution < 1.29 is 17.9 Å². The van der Waals surface area contributed by atoms with Gasteiger partial charge < -0.3 is 10.1 Å². The lowest BCUT2D eigenvalue weighted by molar-refractivity contribution is -0.127. The molecule has 0 aliphatic heterocycles. The number of carbonyl (C=O) groups is 1. The molecular weight excluding hydrogens is 304 g/mol. The Morgan fingerprint density at radius 3 is 2.36 bits per heavy atom. The molecule has 0 aliphatic rings. The van der Waals surface area contributed by atoms with Gasteiger partial charge in [0.15, 0.2) is 6.10 Å². The van der Waals surface area contributed by atoms with Gasteiger partial charge in [0.25, 0.3) is 5.91 Å². The Morgan fingerprint density at radius 1 is 1.27 bits per heavy atom. The van der Waals surface area contributed by atoms with E-state index in [9.17, 15) is 13.2 Å². The van der Waals surface area contributed by atoms with Gasteiger partial charge in [-0.1, -0.05) is 6.08 Å². The van der Waals surface area contributed by atoms with Gasteiger partial charge in [-0.3, -0.25) is 4.79 Å². The number of carbonyl (C=O) groups excluding carboxylic acids is 1. The van der Waals surface area contributed by atoms with E-state index >= 15 is 0 Å². The SMILES string of the molecule is C=CCNS(=O)(=O)c1ccc(O[C@@H](C)C(=O)NC(C)C)cc1. The zero-order valence-electron chi connectivity index (χ0n) is 13.0. The lowest BCUT2D eigenvalue weighted by Crippen LogP contribution is -2.40. The molecule has 122 valence electrons. The number of nitrogens with one attached hydrogen (secondary N) is 2. The molecule has 0 aromatic heterocycles. The van der Waals surface area contributed by atoms with E-state index in [1.807, 2.05) is 13.8 Å². The molecule has 6 nitrogen and oxygen atoms in total. The van der Waals surface area contributed by atoms with Crippen molar-refractivity contribution in [3.63, 3.8) is 0 Å². The Balaban J connectivity index is 2.73. The first kappa shape index (κ1) is 18.2. The van der Waals surface area contributed by atoms with Crippen LogP contribution < -0.4 is 14.8 Å². The second-order valence-electron chi connectivity index (χ2n) is 5.04. The molecule has 0 bridgehead atoms. The molecule has 1 amide bonds. The Morgan fingerprint density at radius 2 is 1.86 bits per heavy atom. The van der Waals surface area contributed by atoms with Crippen LogP contribution in [0.15, 0.2) is 41.8 Å². The number of ether oxygens (including phenoxy) is 1. The van der Waals surface area contributed by atoms with Crippen molar-refractivity contribution >= 4 is 15.9 Å². The molecule has 0 unspecified atom stereocenters. The van der Waals surface area contributed by atoms with Crippen LogP contribution in [0.2, 0.25) is 0 Å². The highest BCUT2D eigenvalue weighted by molar-refractivity contribution is 7.89. The summed E-state index contributed by atoms with van der Waals surface area (Å²) in [6.45, 7) is 8.97. The molecule has 1 rings (SSSR count). The lowest BCUT2D eigenvalue weighted by atomic mass is 10.3. The first-order chi connectivity index (χ1) is 10.3. The van der Waals surface area contributed by atoms with Crippen LogP contribution in [-0.4, -0.2) is 33.0 Å². The van der Waals surface area contributed by atoms with Crippen molar-refractivity contribution in [2.24, 2.45) is 0 Å². The van der Waals surface area contributed by atoms with Gasteiger partial charge in [-0.25, -0.2) is 13.1 Å². The second kappa shape index (κ2) is 7.95. The topological polar surface area (TPSA) is 84.5 Å². The maximum atomic E-state index is 11.9. The van der Waals surface area contributed by atoms with E-state index in [2.05, 4.69) is 16.6 Å². The fraction of sp³-hybridized carbons (Fsp3) is 0.400. The van der Waals surface area contributed by atoms with E-state index in [0.717, 1.165) is 0 Å². The number of hydrogen-bond donors (Lipinski definition) is 2. The van der Waals surface area contributed by atoms with Crippen molar-refractivity contribution in [3.05, 3.63) is 36.9 Å². The molecule has 0 fully saturated rings. The van der Waals surface area contributed by atoms with Crippen LogP contribution in [0.3, 0.4) is 0 Å². The molecular formula is C15H22N2O4S. The smallest absolute Gasteiger partial charge is 0.260 e. The molecule has 22 heavy (non-hydrogen) atoms. The summed E-state index contributed by atoms with van der Waals surface area (Å²) in [7, 11) is -3.56. The predicted molar refractivity (Wildman–Crippen MR) is 85.2 cm³/mol. The van der Waals surface area contributed by atoms with Gasteiger partial charge in [0.1, 0.15) is 5.75 Å². The summed E-state index contributed by atoms with van der Waals surface area (Å²) in [6, 6.07) is 5.91. The third kappa shape index (κ3) is 5.50. The van der Waals surface area contributed by atoms with Crippen LogP contribution in [0.5, 0.6) is 5.75 Å². The Hall–Kier alpha value is -1.86. The van der Waals surface area contributed by atoms with E-state index in [0.29, 0.717) is 5.75 Å². The van der Waals surface area contributed by atoms with Crippen molar-refractivity contribution in [3.8, 4) is 5.75 Å². The van der Waals surface area contributed by atoms with Gasteiger partial charge in [-0.05, 0) is 45.0 Å². The van der Waals surface area contributed by atoms with Gasteiger partial charge in [0.2, 0.25) is 10.0 Å². The fourth-order valence-corrected chi connectivity index (χ4v) is 2.61. The number of rotatable bonds is 8. The molecule has 0 heterocycles. The van der Waals surface area contributed by atoms with E-state index in [1.54, 1.807) is 6.92 Å². The Kier molecular flexibility index (Phi) is 6.58. The third-order valence-corrected chi connectivity index (χ3v) is 4.10. The van der Waals surface area contributed by atoms with Crippen molar-refractivity contribution in [2.45, 2.75) is 37.8 Å². The minimum absolute atomic E-state index is 0.0296. The lowest BCUT2D eigenvalue weighted by Gasteiger charge is -2.16. The van der Waals surface area contributed by atoms with Crippen molar-refractivity contribution in [2.75, 3.05) is 6.54 Å². The summed E-state index contributed by atoms with van der Waals surface area (Å²) < 4.78 is 31.6. The average Bonchev–Trinajstić information content (AvgIpc) is 2.45. The fourth-order valence-electron chi connectivity index (χ4n) is 1.61. The van der Waals surface area contributed by atoms with E-state index in [1.165, 1.54) is 30.3 Å². The first-order valence-corrected chi connectivity index (χ1v) is 8.42. The first-order valence-electron chi connectivity index (χ1n) is 6.94. The zero-order valence-corrected chi connectivity index (χ0v) is 13.8. The molecule has 7 heteroatoms. The Bertz CT molecular complexity index is 609. The van der Waals surface area contributed by atoms with Crippen LogP contribution >= 0.6 is 0 Å². The maximum Gasteiger partial charge on any atom is 0.260 e. The minimum Gasteiger partial charge on any atom is -0.481 e. The maximum absolute atomic E-state index is 11.9. The highest BCUT2D eigenvalue weighted by Crippen LogP contribution is 2.17. The van der Waals surface area contributed by atoms with E-state index in [4.69, 9.17) is 4.74 Å². The van der Waals surface area contributed by atoms with Crippen LogP contribution in [0, 0.1) is 0 Å². The summed E-state index contributed by atoms with van der Waals surface area (Å²) in [5.74, 6) is 0.202. The molecule has 0 saturated carbocycles. The van der Waals surface area contributed by atoms with E-state index < -0.39 is 16.1 Å². The number of benzene rings is 1. The van der Waals surface area contributed by atoms with Crippen LogP contribution in [0.25, 0.3) is 0 Å². The van der Waals surface area contributed by atoms with Gasteiger partial charge >= 0.3 is 0 Å². The predicted octanol–water partition coefficient (Wildman–Crippen LogP) is 1.44. The van der Waals surface area contributed by atoms with Gasteiger partial charge in [0.05, 0.1) is 4.90 Å². The molecule has 1 atom stereocenters. The zero-order chi connectivity index (χ0) is 16.8. The molecule has 1 aromatic carbocycles. The average molecular weight is 326 g/mol. The third-order valence-electron chi connectivity index (χ3n) is 2.66. The molecule has 2 N–H and O–H groups in total. The normalized spacial score (nSPS) is 12.7. The van der Waals surface area contributed by atoms with E-state index in [-0.39, 0.29) is 23.4 Å². The molecule has 0 aliphatic carbocycles. The molecule has 0 saturated heterocycles. The standard InChI is InChI=1S/C15H22N2O4S/c1-5-10-16-22(19,20)14-8-6-13(7-9-14)21-12(4)15(18)17-11(2)3/h5-9,11-12,16H,1,10H2,2-4H3,(H,17,18)/t12-/m0/s1. The number of sulfonamides is 1.